The van der Waals surface area contributed by atoms with Crippen LogP contribution >= 0.6 is 20.8 Å². The zero-order chi connectivity index (χ0) is 18.5. The Hall–Kier alpha value is -2.22. The summed E-state index contributed by atoms with van der Waals surface area (Å²) in [4.78, 5) is 15.8. The van der Waals surface area contributed by atoms with Gasteiger partial charge in [0, 0.05) is 23.1 Å². The number of carbonyl (C=O) groups excluding carboxylic acids is 1. The van der Waals surface area contributed by atoms with Crippen LogP contribution in [0, 0.1) is 0 Å². The maximum Gasteiger partial charge on any atom is 0.214 e. The summed E-state index contributed by atoms with van der Waals surface area (Å²) in [5.41, 5.74) is 3.87. The van der Waals surface area contributed by atoms with Crippen molar-refractivity contribution in [1.82, 2.24) is 4.98 Å². The first kappa shape index (κ1) is 18.6. The van der Waals surface area contributed by atoms with Gasteiger partial charge in [0.25, 0.3) is 0 Å². The van der Waals surface area contributed by atoms with E-state index in [-0.39, 0.29) is 5.78 Å². The largest absolute Gasteiger partial charge is 0.473 e. The average molecular weight is 384 g/mol. The highest BCUT2D eigenvalue weighted by Gasteiger charge is 2.05. The van der Waals surface area contributed by atoms with Crippen LogP contribution in [0.1, 0.15) is 18.1 Å². The predicted octanol–water partition coefficient (Wildman–Crippen LogP) is 4.61. The molecule has 3 nitrogen and oxygen atoms in total. The van der Waals surface area contributed by atoms with Gasteiger partial charge in [0.15, 0.2) is 0 Å². The fourth-order valence-electron chi connectivity index (χ4n) is 2.59. The highest BCUT2D eigenvalue weighted by molar-refractivity contribution is 7.27. The highest BCUT2D eigenvalue weighted by Crippen LogP contribution is 2.21. The molecule has 1 heterocycles. The number of ether oxygens (including phenoxy) is 1. The van der Waals surface area contributed by atoms with E-state index >= 15 is 0 Å². The van der Waals surface area contributed by atoms with E-state index in [2.05, 4.69) is 14.2 Å². The Bertz CT molecular complexity index is 926. The molecule has 0 amide bonds. The second-order valence-electron chi connectivity index (χ2n) is 6.07. The van der Waals surface area contributed by atoms with Crippen molar-refractivity contribution in [2.75, 3.05) is 0 Å². The SMILES string of the molecule is CC(=O)Cc1ccc(-c2cccc(OCc3ccc(Cl)cc3P)n2)cc1. The van der Waals surface area contributed by atoms with Crippen LogP contribution in [0.2, 0.25) is 5.02 Å². The van der Waals surface area contributed by atoms with Gasteiger partial charge in [0.1, 0.15) is 12.4 Å². The Balaban J connectivity index is 1.72. The summed E-state index contributed by atoms with van der Waals surface area (Å²) in [7, 11) is 2.67. The zero-order valence-corrected chi connectivity index (χ0v) is 16.3. The lowest BCUT2D eigenvalue weighted by Gasteiger charge is -2.10. The topological polar surface area (TPSA) is 39.2 Å². The Kier molecular flexibility index (Phi) is 6.03. The molecule has 0 aliphatic heterocycles. The van der Waals surface area contributed by atoms with Crippen LogP contribution in [0.4, 0.5) is 0 Å². The molecule has 0 aliphatic rings. The zero-order valence-electron chi connectivity index (χ0n) is 14.4. The summed E-state index contributed by atoms with van der Waals surface area (Å²) in [6, 6.07) is 19.3. The van der Waals surface area contributed by atoms with Gasteiger partial charge in [-0.3, -0.25) is 4.79 Å². The van der Waals surface area contributed by atoms with Gasteiger partial charge in [-0.15, -0.1) is 9.24 Å². The Morgan fingerprint density at radius 1 is 1.12 bits per heavy atom. The van der Waals surface area contributed by atoms with Crippen LogP contribution in [0.3, 0.4) is 0 Å². The molecule has 132 valence electrons. The summed E-state index contributed by atoms with van der Waals surface area (Å²) in [6.07, 6.45) is 0.454. The van der Waals surface area contributed by atoms with E-state index in [0.29, 0.717) is 23.9 Å². The maximum atomic E-state index is 11.2. The number of ketones is 1. The molecule has 0 saturated heterocycles. The van der Waals surface area contributed by atoms with E-state index in [0.717, 1.165) is 27.7 Å². The lowest BCUT2D eigenvalue weighted by molar-refractivity contribution is -0.116. The molecule has 5 heteroatoms. The van der Waals surface area contributed by atoms with Crippen molar-refractivity contribution in [2.24, 2.45) is 0 Å². The van der Waals surface area contributed by atoms with Crippen LogP contribution < -0.4 is 10.0 Å². The molecule has 3 rings (SSSR count). The van der Waals surface area contributed by atoms with Gasteiger partial charge in [0.2, 0.25) is 5.88 Å². The normalized spacial score (nSPS) is 10.6. The number of pyridine rings is 1. The summed E-state index contributed by atoms with van der Waals surface area (Å²) >= 11 is 5.98. The number of nitrogens with zero attached hydrogens (tertiary/aromatic N) is 1. The third-order valence-electron chi connectivity index (χ3n) is 3.91. The second-order valence-corrected chi connectivity index (χ2v) is 7.13. The van der Waals surface area contributed by atoms with Crippen molar-refractivity contribution in [3.8, 4) is 17.1 Å². The third kappa shape index (κ3) is 4.91. The number of carbonyl (C=O) groups is 1. The molecule has 0 saturated carbocycles. The van der Waals surface area contributed by atoms with Crippen molar-refractivity contribution in [1.29, 1.82) is 0 Å². The average Bonchev–Trinajstić information content (AvgIpc) is 2.61. The molecular formula is C21H19ClNO2P. The molecule has 0 fully saturated rings. The fourth-order valence-corrected chi connectivity index (χ4v) is 3.23. The Morgan fingerprint density at radius 2 is 1.88 bits per heavy atom. The molecule has 26 heavy (non-hydrogen) atoms. The first-order chi connectivity index (χ1) is 12.5. The monoisotopic (exact) mass is 383 g/mol. The number of aromatic nitrogens is 1. The van der Waals surface area contributed by atoms with Gasteiger partial charge in [-0.2, -0.15) is 0 Å². The molecule has 0 bridgehead atoms. The van der Waals surface area contributed by atoms with Crippen LogP contribution in [0.5, 0.6) is 5.88 Å². The second kappa shape index (κ2) is 8.44. The van der Waals surface area contributed by atoms with E-state index < -0.39 is 0 Å². The van der Waals surface area contributed by atoms with Crippen LogP contribution in [0.15, 0.2) is 60.7 Å². The minimum atomic E-state index is 0.155. The standard InChI is InChI=1S/C21H19ClNO2P/c1-14(24)11-15-5-7-16(8-6-15)19-3-2-4-21(23-19)25-13-17-9-10-18(22)12-20(17)26/h2-10,12H,11,13,26H2,1H3. The van der Waals surface area contributed by atoms with Gasteiger partial charge in [0.05, 0.1) is 5.69 Å². The van der Waals surface area contributed by atoms with Crippen molar-refractivity contribution in [2.45, 2.75) is 20.0 Å². The van der Waals surface area contributed by atoms with E-state index in [1.165, 1.54) is 0 Å². The summed E-state index contributed by atoms with van der Waals surface area (Å²) < 4.78 is 5.84. The number of benzene rings is 2. The number of Topliss-reactive ketones (excluding diaryl/α,β-unsaturated/α-hetero) is 1. The lowest BCUT2D eigenvalue weighted by Crippen LogP contribution is -2.06. The molecule has 3 aromatic rings. The first-order valence-corrected chi connectivity index (χ1v) is 9.19. The minimum Gasteiger partial charge on any atom is -0.473 e. The quantitative estimate of drug-likeness (QED) is 0.583. The maximum absolute atomic E-state index is 11.2. The summed E-state index contributed by atoms with van der Waals surface area (Å²) in [5, 5.41) is 1.71. The fraction of sp³-hybridized carbons (Fsp3) is 0.143. The lowest BCUT2D eigenvalue weighted by atomic mass is 10.1. The molecule has 2 aromatic carbocycles. The molecule has 0 spiro atoms. The van der Waals surface area contributed by atoms with Gasteiger partial charge < -0.3 is 4.74 Å². The molecule has 0 radical (unpaired) electrons. The first-order valence-electron chi connectivity index (χ1n) is 8.24. The number of rotatable bonds is 6. The van der Waals surface area contributed by atoms with E-state index in [1.54, 1.807) is 6.92 Å². The van der Waals surface area contributed by atoms with Gasteiger partial charge in [-0.25, -0.2) is 4.98 Å². The molecule has 1 aromatic heterocycles. The van der Waals surface area contributed by atoms with E-state index in [9.17, 15) is 4.79 Å². The van der Waals surface area contributed by atoms with Crippen LogP contribution in [-0.2, 0) is 17.8 Å². The molecule has 1 unspecified atom stereocenters. The van der Waals surface area contributed by atoms with Crippen molar-refractivity contribution >= 4 is 31.9 Å². The number of hydrogen-bond donors (Lipinski definition) is 0. The van der Waals surface area contributed by atoms with Crippen molar-refractivity contribution < 1.29 is 9.53 Å². The van der Waals surface area contributed by atoms with Crippen LogP contribution in [-0.4, -0.2) is 10.8 Å². The molecular weight excluding hydrogens is 365 g/mol. The van der Waals surface area contributed by atoms with Gasteiger partial charge in [-0.1, -0.05) is 48.0 Å². The predicted molar refractivity (Wildman–Crippen MR) is 109 cm³/mol. The van der Waals surface area contributed by atoms with E-state index in [4.69, 9.17) is 16.3 Å². The third-order valence-corrected chi connectivity index (χ3v) is 4.68. The van der Waals surface area contributed by atoms with E-state index in [1.807, 2.05) is 60.7 Å². The van der Waals surface area contributed by atoms with Crippen molar-refractivity contribution in [3.63, 3.8) is 0 Å². The molecule has 1 atom stereocenters. The van der Waals surface area contributed by atoms with Crippen LogP contribution in [0.25, 0.3) is 11.3 Å². The molecule has 0 aliphatic carbocycles. The highest BCUT2D eigenvalue weighted by atomic mass is 35.5. The Morgan fingerprint density at radius 3 is 2.58 bits per heavy atom. The van der Waals surface area contributed by atoms with Gasteiger partial charge >= 0.3 is 0 Å². The van der Waals surface area contributed by atoms with Crippen molar-refractivity contribution in [3.05, 3.63) is 76.8 Å². The number of halogens is 1. The summed E-state index contributed by atoms with van der Waals surface area (Å²) in [6.45, 7) is 2.02. The Labute approximate surface area is 160 Å². The smallest absolute Gasteiger partial charge is 0.214 e. The summed E-state index contributed by atoms with van der Waals surface area (Å²) in [5.74, 6) is 0.719. The number of hydrogen-bond acceptors (Lipinski definition) is 3. The van der Waals surface area contributed by atoms with Gasteiger partial charge in [-0.05, 0) is 41.6 Å². The minimum absolute atomic E-state index is 0.155. The molecule has 0 N–H and O–H groups in total.